The van der Waals surface area contributed by atoms with Crippen molar-refractivity contribution < 1.29 is 18.9 Å². The molecule has 7 rings (SSSR count). The Morgan fingerprint density at radius 3 is 2.31 bits per heavy atom. The topological polar surface area (TPSA) is 132 Å². The van der Waals surface area contributed by atoms with Crippen molar-refractivity contribution in [3.63, 3.8) is 0 Å². The van der Waals surface area contributed by atoms with E-state index in [0.29, 0.717) is 31.2 Å². The molecule has 3 aromatic carbocycles. The van der Waals surface area contributed by atoms with Gasteiger partial charge in [0.05, 0.1) is 17.2 Å². The van der Waals surface area contributed by atoms with Crippen molar-refractivity contribution in [1.29, 1.82) is 5.26 Å². The number of rotatable bonds is 13. The lowest BCUT2D eigenvalue weighted by molar-refractivity contribution is -0.141. The van der Waals surface area contributed by atoms with Crippen LogP contribution >= 0.6 is 0 Å². The highest BCUT2D eigenvalue weighted by Crippen LogP contribution is 2.48. The molecular weight excluding hydrogens is 677 g/mol. The molecule has 2 heterocycles. The van der Waals surface area contributed by atoms with Crippen molar-refractivity contribution in [1.82, 2.24) is 15.4 Å². The summed E-state index contributed by atoms with van der Waals surface area (Å²) in [6, 6.07) is 23.4. The van der Waals surface area contributed by atoms with Gasteiger partial charge in [0, 0.05) is 48.7 Å². The van der Waals surface area contributed by atoms with E-state index in [2.05, 4.69) is 82.2 Å². The normalized spacial score (nSPS) is 20.5. The van der Waals surface area contributed by atoms with Gasteiger partial charge in [0.2, 0.25) is 18.2 Å². The SMILES string of the molecule is Cc1cc(NCC2CCC(CN(c3ccc(C4(C#N)CC4)cc3)c3cc(-c4c(C)noc4C)ccc3C)CC2)ccc1CN(C=O)C1CCC(=O)NC1=O. The summed E-state index contributed by atoms with van der Waals surface area (Å²) in [7, 11) is 0. The summed E-state index contributed by atoms with van der Waals surface area (Å²) in [5, 5.41) is 20.0. The van der Waals surface area contributed by atoms with Crippen molar-refractivity contribution in [3.8, 4) is 17.2 Å². The van der Waals surface area contributed by atoms with Crippen LogP contribution in [-0.4, -0.2) is 47.4 Å². The van der Waals surface area contributed by atoms with Crippen LogP contribution in [0, 0.1) is 50.9 Å². The van der Waals surface area contributed by atoms with E-state index in [9.17, 15) is 19.6 Å². The lowest BCUT2D eigenvalue weighted by Gasteiger charge is -2.35. The first-order chi connectivity index (χ1) is 26.1. The average molecular weight is 727 g/mol. The van der Waals surface area contributed by atoms with E-state index >= 15 is 0 Å². The summed E-state index contributed by atoms with van der Waals surface area (Å²) in [6.45, 7) is 10.3. The quantitative estimate of drug-likeness (QED) is 0.105. The number of imide groups is 1. The van der Waals surface area contributed by atoms with Gasteiger partial charge >= 0.3 is 0 Å². The number of anilines is 3. The molecule has 3 amide bonds. The summed E-state index contributed by atoms with van der Waals surface area (Å²) in [5.41, 5.74) is 10.4. The first kappa shape index (κ1) is 36.9. The Labute approximate surface area is 317 Å². The van der Waals surface area contributed by atoms with E-state index in [1.807, 2.05) is 32.9 Å². The van der Waals surface area contributed by atoms with Gasteiger partial charge in [-0.1, -0.05) is 35.5 Å². The number of nitrogens with one attached hydrogen (secondary N) is 2. The molecule has 1 saturated heterocycles. The van der Waals surface area contributed by atoms with E-state index in [0.717, 1.165) is 102 Å². The molecule has 1 unspecified atom stereocenters. The zero-order valence-electron chi connectivity index (χ0n) is 31.8. The van der Waals surface area contributed by atoms with Crippen molar-refractivity contribution >= 4 is 35.3 Å². The number of aromatic nitrogens is 1. The van der Waals surface area contributed by atoms with Gasteiger partial charge < -0.3 is 19.6 Å². The molecule has 1 aliphatic heterocycles. The monoisotopic (exact) mass is 726 g/mol. The van der Waals surface area contributed by atoms with Crippen molar-refractivity contribution in [2.24, 2.45) is 11.8 Å². The molecule has 2 aliphatic carbocycles. The highest BCUT2D eigenvalue weighted by Gasteiger charge is 2.44. The van der Waals surface area contributed by atoms with Crippen LogP contribution in [0.15, 0.2) is 65.2 Å². The van der Waals surface area contributed by atoms with Crippen LogP contribution < -0.4 is 15.5 Å². The van der Waals surface area contributed by atoms with Gasteiger partial charge in [-0.3, -0.25) is 19.7 Å². The van der Waals surface area contributed by atoms with Crippen LogP contribution in [0.25, 0.3) is 11.1 Å². The number of hydrogen-bond donors (Lipinski definition) is 2. The smallest absolute Gasteiger partial charge is 0.249 e. The lowest BCUT2D eigenvalue weighted by Crippen LogP contribution is -2.51. The summed E-state index contributed by atoms with van der Waals surface area (Å²) >= 11 is 0. The number of nitriles is 1. The lowest BCUT2D eigenvalue weighted by atomic mass is 9.81. The highest BCUT2D eigenvalue weighted by molar-refractivity contribution is 6.00. The standard InChI is InChI=1S/C44H50N6O4/c1-28-5-10-34(42-30(3)48-54-31(42)4)22-40(28)50(38-15-12-36(13-16-38)44(26-45)19-20-44)24-33-8-6-32(7-9-33)23-46-37-14-11-35(29(2)21-37)25-49(27-51)39-17-18-41(52)47-43(39)53/h5,10-16,21-22,27,32-33,39,46H,6-9,17-20,23-25H2,1-4H3,(H,47,52,53). The summed E-state index contributed by atoms with van der Waals surface area (Å²) < 4.78 is 5.53. The van der Waals surface area contributed by atoms with Crippen LogP contribution in [0.5, 0.6) is 0 Å². The van der Waals surface area contributed by atoms with Gasteiger partial charge in [0.1, 0.15) is 11.8 Å². The van der Waals surface area contributed by atoms with Crippen molar-refractivity contribution in [2.75, 3.05) is 23.3 Å². The maximum atomic E-state index is 12.4. The van der Waals surface area contributed by atoms with E-state index in [1.165, 1.54) is 16.2 Å². The number of aryl methyl sites for hydroxylation is 4. The van der Waals surface area contributed by atoms with Gasteiger partial charge in [-0.05, 0) is 143 Å². The van der Waals surface area contributed by atoms with Crippen LogP contribution in [0.3, 0.4) is 0 Å². The zero-order valence-corrected chi connectivity index (χ0v) is 31.8. The second-order valence-corrected chi connectivity index (χ2v) is 15.7. The minimum Gasteiger partial charge on any atom is -0.385 e. The molecule has 54 heavy (non-hydrogen) atoms. The third-order valence-electron chi connectivity index (χ3n) is 12.0. The van der Waals surface area contributed by atoms with Crippen molar-refractivity contribution in [2.45, 2.75) is 97.1 Å². The minimum atomic E-state index is -0.633. The fourth-order valence-corrected chi connectivity index (χ4v) is 8.38. The molecule has 10 heteroatoms. The zero-order chi connectivity index (χ0) is 38.0. The summed E-state index contributed by atoms with van der Waals surface area (Å²) in [5.74, 6) is 1.21. The predicted molar refractivity (Wildman–Crippen MR) is 209 cm³/mol. The molecule has 3 fully saturated rings. The fourth-order valence-electron chi connectivity index (χ4n) is 8.38. The molecule has 2 N–H and O–H groups in total. The second-order valence-electron chi connectivity index (χ2n) is 15.7. The molecule has 3 aliphatic rings. The number of piperidine rings is 1. The third-order valence-corrected chi connectivity index (χ3v) is 12.0. The average Bonchev–Trinajstić information content (AvgIpc) is 3.91. The van der Waals surface area contributed by atoms with Gasteiger partial charge in [0.25, 0.3) is 0 Å². The number of carbonyl (C=O) groups is 3. The molecule has 4 aromatic rings. The maximum Gasteiger partial charge on any atom is 0.249 e. The Morgan fingerprint density at radius 2 is 1.69 bits per heavy atom. The molecule has 1 aromatic heterocycles. The second kappa shape index (κ2) is 15.5. The van der Waals surface area contributed by atoms with Gasteiger partial charge in [0.15, 0.2) is 0 Å². The van der Waals surface area contributed by atoms with Crippen LogP contribution in [-0.2, 0) is 26.3 Å². The Bertz CT molecular complexity index is 2050. The first-order valence-electron chi connectivity index (χ1n) is 19.3. The fraction of sp³-hybridized carbons (Fsp3) is 0.432. The molecular formula is C44H50N6O4. The molecule has 280 valence electrons. The Balaban J connectivity index is 1.00. The highest BCUT2D eigenvalue weighted by atomic mass is 16.5. The largest absolute Gasteiger partial charge is 0.385 e. The molecule has 1 atom stereocenters. The van der Waals surface area contributed by atoms with E-state index < -0.39 is 11.9 Å². The Morgan fingerprint density at radius 1 is 0.944 bits per heavy atom. The molecule has 0 spiro atoms. The number of amides is 3. The van der Waals surface area contributed by atoms with E-state index in [-0.39, 0.29) is 17.7 Å². The molecule has 0 radical (unpaired) electrons. The van der Waals surface area contributed by atoms with Crippen molar-refractivity contribution in [3.05, 3.63) is 94.4 Å². The Hall–Kier alpha value is -5.43. The van der Waals surface area contributed by atoms with Crippen LogP contribution in [0.4, 0.5) is 17.1 Å². The van der Waals surface area contributed by atoms with Gasteiger partial charge in [-0.15, -0.1) is 0 Å². The van der Waals surface area contributed by atoms with E-state index in [4.69, 9.17) is 4.52 Å². The van der Waals surface area contributed by atoms with Gasteiger partial charge in [-0.25, -0.2) is 0 Å². The number of carbonyl (C=O) groups excluding carboxylic acids is 3. The molecule has 2 saturated carbocycles. The number of hydrogen-bond acceptors (Lipinski definition) is 8. The first-order valence-corrected chi connectivity index (χ1v) is 19.3. The van der Waals surface area contributed by atoms with Crippen LogP contribution in [0.2, 0.25) is 0 Å². The van der Waals surface area contributed by atoms with E-state index in [1.54, 1.807) is 0 Å². The Kier molecular flexibility index (Phi) is 10.6. The molecule has 10 nitrogen and oxygen atoms in total. The maximum absolute atomic E-state index is 12.4. The molecule has 0 bridgehead atoms. The third kappa shape index (κ3) is 7.77. The summed E-state index contributed by atoms with van der Waals surface area (Å²) in [4.78, 5) is 39.8. The predicted octanol–water partition coefficient (Wildman–Crippen LogP) is 7.95. The minimum absolute atomic E-state index is 0.235. The summed E-state index contributed by atoms with van der Waals surface area (Å²) in [6.07, 6.45) is 7.71. The number of benzene rings is 3. The van der Waals surface area contributed by atoms with Gasteiger partial charge in [-0.2, -0.15) is 5.26 Å². The number of nitrogens with zero attached hydrogens (tertiary/aromatic N) is 4. The van der Waals surface area contributed by atoms with Crippen LogP contribution in [0.1, 0.15) is 85.1 Å².